The molecule has 2 rings (SSSR count). The molecule has 5 heteroatoms. The first-order valence-corrected chi connectivity index (χ1v) is 5.86. The van der Waals surface area contributed by atoms with E-state index in [1.165, 1.54) is 0 Å². The number of nitrogens with two attached hydrogens (primary N) is 1. The Kier molecular flexibility index (Phi) is 2.90. The van der Waals surface area contributed by atoms with Crippen LogP contribution >= 0.6 is 0 Å². The zero-order valence-corrected chi connectivity index (χ0v) is 9.27. The van der Waals surface area contributed by atoms with Crippen molar-refractivity contribution in [2.45, 2.75) is 50.0 Å². The van der Waals surface area contributed by atoms with E-state index in [9.17, 15) is 13.6 Å². The van der Waals surface area contributed by atoms with Gasteiger partial charge in [0.15, 0.2) is 0 Å². The van der Waals surface area contributed by atoms with E-state index in [0.717, 1.165) is 12.8 Å². The van der Waals surface area contributed by atoms with Crippen molar-refractivity contribution < 1.29 is 13.6 Å². The molecule has 0 aromatic carbocycles. The molecule has 0 aliphatic heterocycles. The van der Waals surface area contributed by atoms with Gasteiger partial charge in [-0.1, -0.05) is 0 Å². The Morgan fingerprint density at radius 2 is 1.81 bits per heavy atom. The van der Waals surface area contributed by atoms with Crippen LogP contribution in [0.25, 0.3) is 0 Å². The fourth-order valence-electron chi connectivity index (χ4n) is 2.20. The van der Waals surface area contributed by atoms with Crippen LogP contribution in [0, 0.1) is 5.92 Å². The monoisotopic (exact) mass is 232 g/mol. The number of alkyl halides is 2. The fraction of sp³-hybridized carbons (Fsp3) is 0.909. The fourth-order valence-corrected chi connectivity index (χ4v) is 2.20. The van der Waals surface area contributed by atoms with Crippen molar-refractivity contribution in [2.24, 2.45) is 11.7 Å². The number of nitrogens with one attached hydrogen (secondary N) is 1. The van der Waals surface area contributed by atoms with Crippen LogP contribution in [0.2, 0.25) is 0 Å². The Morgan fingerprint density at radius 1 is 1.25 bits per heavy atom. The van der Waals surface area contributed by atoms with Gasteiger partial charge in [0.1, 0.15) is 0 Å². The first-order valence-electron chi connectivity index (χ1n) is 5.86. The van der Waals surface area contributed by atoms with Gasteiger partial charge < -0.3 is 11.1 Å². The lowest BCUT2D eigenvalue weighted by Crippen LogP contribution is -2.46. The molecule has 3 N–H and O–H groups in total. The summed E-state index contributed by atoms with van der Waals surface area (Å²) < 4.78 is 25.8. The summed E-state index contributed by atoms with van der Waals surface area (Å²) in [5, 5.41) is 2.91. The predicted molar refractivity (Wildman–Crippen MR) is 56.1 cm³/mol. The van der Waals surface area contributed by atoms with E-state index in [-0.39, 0.29) is 30.2 Å². The normalized spacial score (nSPS) is 27.4. The molecule has 0 saturated heterocycles. The molecule has 2 aliphatic rings. The highest BCUT2D eigenvalue weighted by atomic mass is 19.3. The summed E-state index contributed by atoms with van der Waals surface area (Å²) in [5.41, 5.74) is 5.34. The third-order valence-corrected chi connectivity index (χ3v) is 3.72. The van der Waals surface area contributed by atoms with Gasteiger partial charge in [-0.15, -0.1) is 0 Å². The summed E-state index contributed by atoms with van der Waals surface area (Å²) in [6.07, 6.45) is 2.08. The lowest BCUT2D eigenvalue weighted by molar-refractivity contribution is -0.130. The van der Waals surface area contributed by atoms with Gasteiger partial charge in [0.25, 0.3) is 0 Å². The van der Waals surface area contributed by atoms with Crippen molar-refractivity contribution in [3.8, 4) is 0 Å². The molecule has 16 heavy (non-hydrogen) atoms. The minimum absolute atomic E-state index is 0.0848. The number of hydrogen-bond acceptors (Lipinski definition) is 2. The van der Waals surface area contributed by atoms with Gasteiger partial charge in [-0.3, -0.25) is 4.79 Å². The zero-order chi connectivity index (χ0) is 11.8. The van der Waals surface area contributed by atoms with Crippen molar-refractivity contribution in [1.82, 2.24) is 5.32 Å². The molecular weight excluding hydrogens is 214 g/mol. The quantitative estimate of drug-likeness (QED) is 0.773. The number of rotatable bonds is 3. The zero-order valence-electron chi connectivity index (χ0n) is 9.27. The van der Waals surface area contributed by atoms with Gasteiger partial charge in [-0.2, -0.15) is 0 Å². The summed E-state index contributed by atoms with van der Waals surface area (Å²) in [6.45, 7) is 0.446. The van der Waals surface area contributed by atoms with Gasteiger partial charge >= 0.3 is 0 Å². The molecule has 0 unspecified atom stereocenters. The summed E-state index contributed by atoms with van der Waals surface area (Å²) >= 11 is 0. The Morgan fingerprint density at radius 3 is 2.25 bits per heavy atom. The average molecular weight is 232 g/mol. The second-order valence-electron chi connectivity index (χ2n) is 5.10. The molecular formula is C11H18F2N2O. The van der Waals surface area contributed by atoms with Crippen molar-refractivity contribution >= 4 is 5.91 Å². The number of amides is 1. The van der Waals surface area contributed by atoms with E-state index < -0.39 is 5.92 Å². The molecule has 0 aromatic rings. The highest BCUT2D eigenvalue weighted by Gasteiger charge is 2.45. The number of halogens is 2. The maximum absolute atomic E-state index is 12.9. The molecule has 0 bridgehead atoms. The SMILES string of the molecule is NCC1(NC(=O)C2CCC(F)(F)CC2)CC1. The van der Waals surface area contributed by atoms with Gasteiger partial charge in [-0.25, -0.2) is 8.78 Å². The van der Waals surface area contributed by atoms with E-state index in [1.54, 1.807) is 0 Å². The predicted octanol–water partition coefficient (Wildman–Crippen LogP) is 1.42. The summed E-state index contributed by atoms with van der Waals surface area (Å²) in [7, 11) is 0. The third kappa shape index (κ3) is 2.51. The highest BCUT2D eigenvalue weighted by molar-refractivity contribution is 5.80. The van der Waals surface area contributed by atoms with Crippen molar-refractivity contribution in [3.63, 3.8) is 0 Å². The topological polar surface area (TPSA) is 55.1 Å². The molecule has 0 radical (unpaired) electrons. The van der Waals surface area contributed by atoms with E-state index >= 15 is 0 Å². The number of hydrogen-bond donors (Lipinski definition) is 2. The Labute approximate surface area is 93.8 Å². The molecule has 0 atom stereocenters. The van der Waals surface area contributed by atoms with E-state index in [1.807, 2.05) is 0 Å². The van der Waals surface area contributed by atoms with Crippen LogP contribution in [0.5, 0.6) is 0 Å². The van der Waals surface area contributed by atoms with Crippen LogP contribution in [0.3, 0.4) is 0 Å². The molecule has 3 nitrogen and oxygen atoms in total. The van der Waals surface area contributed by atoms with Crippen LogP contribution in [-0.2, 0) is 4.79 Å². The van der Waals surface area contributed by atoms with Gasteiger partial charge in [-0.05, 0) is 25.7 Å². The smallest absolute Gasteiger partial charge is 0.248 e. The minimum atomic E-state index is -2.57. The molecule has 1 amide bonds. The first kappa shape index (κ1) is 11.8. The van der Waals surface area contributed by atoms with E-state index in [0.29, 0.717) is 19.4 Å². The van der Waals surface area contributed by atoms with Crippen molar-refractivity contribution in [3.05, 3.63) is 0 Å². The second-order valence-corrected chi connectivity index (χ2v) is 5.10. The van der Waals surface area contributed by atoms with Crippen LogP contribution in [-0.4, -0.2) is 23.9 Å². The van der Waals surface area contributed by atoms with Crippen molar-refractivity contribution in [2.75, 3.05) is 6.54 Å². The molecule has 0 aromatic heterocycles. The minimum Gasteiger partial charge on any atom is -0.349 e. The molecule has 92 valence electrons. The molecule has 2 fully saturated rings. The molecule has 2 saturated carbocycles. The van der Waals surface area contributed by atoms with Crippen LogP contribution in [0.15, 0.2) is 0 Å². The maximum atomic E-state index is 12.9. The average Bonchev–Trinajstić information content (AvgIpc) is 2.98. The standard InChI is InChI=1S/C11H18F2N2O/c12-11(13)3-1-8(2-4-11)9(16)15-10(7-14)5-6-10/h8H,1-7,14H2,(H,15,16). The molecule has 2 aliphatic carbocycles. The highest BCUT2D eigenvalue weighted by Crippen LogP contribution is 2.38. The number of carbonyl (C=O) groups excluding carboxylic acids is 1. The lowest BCUT2D eigenvalue weighted by atomic mass is 9.86. The van der Waals surface area contributed by atoms with Gasteiger partial charge in [0, 0.05) is 25.3 Å². The Balaban J connectivity index is 1.83. The summed E-state index contributed by atoms with van der Waals surface area (Å²) in [4.78, 5) is 11.8. The summed E-state index contributed by atoms with van der Waals surface area (Å²) in [6, 6.07) is 0. The number of carbonyl (C=O) groups is 1. The molecule has 0 heterocycles. The van der Waals surface area contributed by atoms with E-state index in [4.69, 9.17) is 5.73 Å². The largest absolute Gasteiger partial charge is 0.349 e. The summed E-state index contributed by atoms with van der Waals surface area (Å²) in [5.74, 6) is -2.90. The van der Waals surface area contributed by atoms with E-state index in [2.05, 4.69) is 5.32 Å². The molecule has 0 spiro atoms. The third-order valence-electron chi connectivity index (χ3n) is 3.72. The van der Waals surface area contributed by atoms with Crippen LogP contribution in [0.4, 0.5) is 8.78 Å². The van der Waals surface area contributed by atoms with Gasteiger partial charge in [0.2, 0.25) is 11.8 Å². The van der Waals surface area contributed by atoms with Gasteiger partial charge in [0.05, 0.1) is 5.54 Å². The Bertz CT molecular complexity index is 280. The first-order chi connectivity index (χ1) is 7.46. The van der Waals surface area contributed by atoms with Crippen LogP contribution < -0.4 is 11.1 Å². The van der Waals surface area contributed by atoms with Crippen molar-refractivity contribution in [1.29, 1.82) is 0 Å². The second kappa shape index (κ2) is 3.95. The maximum Gasteiger partial charge on any atom is 0.248 e. The lowest BCUT2D eigenvalue weighted by Gasteiger charge is -2.28. The Hall–Kier alpha value is -0.710. The van der Waals surface area contributed by atoms with Crippen LogP contribution in [0.1, 0.15) is 38.5 Å².